The molecule has 0 amide bonds. The highest BCUT2D eigenvalue weighted by molar-refractivity contribution is 6.31. The smallest absolute Gasteiger partial charge is 0.224 e. The van der Waals surface area contributed by atoms with Crippen LogP contribution in [0.4, 0.5) is 0 Å². The zero-order valence-electron chi connectivity index (χ0n) is 18.3. The summed E-state index contributed by atoms with van der Waals surface area (Å²) in [7, 11) is 1.32. The Morgan fingerprint density at radius 2 is 1.85 bits per heavy atom. The normalized spacial score (nSPS) is 32.1. The number of halogens is 1. The Kier molecular flexibility index (Phi) is 7.57. The maximum Gasteiger partial charge on any atom is 0.224 e. The Hall–Kier alpha value is -1.75. The molecular formula is C24H29ClO8. The Labute approximate surface area is 197 Å². The highest BCUT2D eigenvalue weighted by atomic mass is 35.5. The second-order valence-corrected chi connectivity index (χ2v) is 8.77. The lowest BCUT2D eigenvalue weighted by Gasteiger charge is -2.47. The van der Waals surface area contributed by atoms with E-state index in [9.17, 15) is 20.4 Å². The van der Waals surface area contributed by atoms with E-state index in [2.05, 4.69) is 0 Å². The van der Waals surface area contributed by atoms with Crippen molar-refractivity contribution in [1.82, 2.24) is 0 Å². The first-order chi connectivity index (χ1) is 15.9. The van der Waals surface area contributed by atoms with Gasteiger partial charge < -0.3 is 39.4 Å². The van der Waals surface area contributed by atoms with E-state index in [-0.39, 0.29) is 6.10 Å². The van der Waals surface area contributed by atoms with Gasteiger partial charge in [0, 0.05) is 24.1 Å². The van der Waals surface area contributed by atoms with Crippen molar-refractivity contribution in [2.75, 3.05) is 26.9 Å². The van der Waals surface area contributed by atoms with E-state index in [0.29, 0.717) is 30.2 Å². The van der Waals surface area contributed by atoms with Gasteiger partial charge in [-0.15, -0.1) is 0 Å². The third kappa shape index (κ3) is 4.89. The lowest BCUT2D eigenvalue weighted by atomic mass is 9.87. The van der Waals surface area contributed by atoms with Crippen LogP contribution in [0.5, 0.6) is 5.75 Å². The van der Waals surface area contributed by atoms with Crippen LogP contribution in [0.3, 0.4) is 0 Å². The van der Waals surface area contributed by atoms with Crippen molar-refractivity contribution in [2.24, 2.45) is 0 Å². The Morgan fingerprint density at radius 3 is 2.48 bits per heavy atom. The summed E-state index contributed by atoms with van der Waals surface area (Å²) in [6.07, 6.45) is -4.33. The first-order valence-electron chi connectivity index (χ1n) is 10.9. The standard InChI is InChI=1S/C24H29ClO8/c1-30-24(23(29)22(28)21(27)20(12-26)33-24)16-4-7-19(25)15(11-16)10-14-2-5-17(6-3-14)32-18-8-9-31-13-18/h2-7,11,18,20-23,26-29H,8-10,12-13H2,1H3/t18?,20?,21-,22?,23-,24+/m1/s1. The topological polar surface area (TPSA) is 118 Å². The van der Waals surface area contributed by atoms with E-state index in [1.54, 1.807) is 18.2 Å². The second-order valence-electron chi connectivity index (χ2n) is 8.37. The molecule has 33 heavy (non-hydrogen) atoms. The summed E-state index contributed by atoms with van der Waals surface area (Å²) in [6, 6.07) is 12.7. The summed E-state index contributed by atoms with van der Waals surface area (Å²) in [5.41, 5.74) is 2.15. The van der Waals surface area contributed by atoms with Gasteiger partial charge in [0.25, 0.3) is 0 Å². The van der Waals surface area contributed by atoms with Gasteiger partial charge in [0.15, 0.2) is 0 Å². The molecule has 0 spiro atoms. The van der Waals surface area contributed by atoms with E-state index < -0.39 is 36.8 Å². The fourth-order valence-corrected chi connectivity index (χ4v) is 4.48. The van der Waals surface area contributed by atoms with Crippen LogP contribution in [0.2, 0.25) is 5.02 Å². The molecule has 2 saturated heterocycles. The molecule has 2 heterocycles. The number of benzene rings is 2. The number of aliphatic hydroxyl groups is 4. The number of hydrogen-bond donors (Lipinski definition) is 4. The maximum atomic E-state index is 10.7. The number of hydrogen-bond acceptors (Lipinski definition) is 8. The molecule has 2 aromatic rings. The highest BCUT2D eigenvalue weighted by Gasteiger charge is 2.55. The predicted molar refractivity (Wildman–Crippen MR) is 119 cm³/mol. The van der Waals surface area contributed by atoms with Gasteiger partial charge in [0.2, 0.25) is 5.79 Å². The number of aliphatic hydroxyl groups excluding tert-OH is 4. The van der Waals surface area contributed by atoms with Crippen LogP contribution in [0.1, 0.15) is 23.1 Å². The van der Waals surface area contributed by atoms with E-state index in [0.717, 1.165) is 23.3 Å². The molecule has 6 atom stereocenters. The van der Waals surface area contributed by atoms with Crippen LogP contribution >= 0.6 is 11.6 Å². The van der Waals surface area contributed by atoms with Gasteiger partial charge in [-0.05, 0) is 41.8 Å². The summed E-state index contributed by atoms with van der Waals surface area (Å²) in [6.45, 7) is 0.758. The third-order valence-corrected chi connectivity index (χ3v) is 6.58. The molecule has 9 heteroatoms. The highest BCUT2D eigenvalue weighted by Crippen LogP contribution is 2.40. The summed E-state index contributed by atoms with van der Waals surface area (Å²) in [5, 5.41) is 41.3. The molecule has 2 fully saturated rings. The van der Waals surface area contributed by atoms with Gasteiger partial charge in [-0.3, -0.25) is 0 Å². The van der Waals surface area contributed by atoms with E-state index in [1.807, 2.05) is 24.3 Å². The van der Waals surface area contributed by atoms with Gasteiger partial charge in [-0.2, -0.15) is 0 Å². The van der Waals surface area contributed by atoms with Crippen molar-refractivity contribution < 1.29 is 39.4 Å². The van der Waals surface area contributed by atoms with Crippen molar-refractivity contribution in [1.29, 1.82) is 0 Å². The Balaban J connectivity index is 1.57. The zero-order valence-corrected chi connectivity index (χ0v) is 19.0. The van der Waals surface area contributed by atoms with Crippen molar-refractivity contribution in [3.05, 3.63) is 64.2 Å². The molecule has 0 saturated carbocycles. The van der Waals surface area contributed by atoms with Crippen LogP contribution in [0, 0.1) is 0 Å². The minimum Gasteiger partial charge on any atom is -0.488 e. The molecule has 0 aromatic heterocycles. The van der Waals surface area contributed by atoms with E-state index in [1.165, 1.54) is 7.11 Å². The number of methoxy groups -OCH3 is 1. The molecule has 180 valence electrons. The third-order valence-electron chi connectivity index (χ3n) is 6.21. The van der Waals surface area contributed by atoms with Crippen LogP contribution < -0.4 is 4.74 Å². The molecule has 4 rings (SSSR count). The number of rotatable bonds is 7. The summed E-state index contributed by atoms with van der Waals surface area (Å²) in [5.74, 6) is -1.01. The first-order valence-corrected chi connectivity index (χ1v) is 11.3. The second kappa shape index (κ2) is 10.2. The van der Waals surface area contributed by atoms with Gasteiger partial charge in [0.1, 0.15) is 36.3 Å². The quantitative estimate of drug-likeness (QED) is 0.469. The maximum absolute atomic E-state index is 10.7. The fraction of sp³-hybridized carbons (Fsp3) is 0.500. The molecule has 0 radical (unpaired) electrons. The van der Waals surface area contributed by atoms with Gasteiger partial charge in [-0.1, -0.05) is 29.8 Å². The van der Waals surface area contributed by atoms with Gasteiger partial charge in [-0.25, -0.2) is 0 Å². The SMILES string of the molecule is CO[C@@]1(c2ccc(Cl)c(Cc3ccc(OC4CCOC4)cc3)c2)OC(CO)[C@@H](O)C(O)[C@H]1O. The van der Waals surface area contributed by atoms with Gasteiger partial charge >= 0.3 is 0 Å². The average Bonchev–Trinajstić information content (AvgIpc) is 3.34. The Morgan fingerprint density at radius 1 is 1.09 bits per heavy atom. The Bertz CT molecular complexity index is 931. The van der Waals surface area contributed by atoms with Gasteiger partial charge in [0.05, 0.1) is 19.8 Å². The largest absolute Gasteiger partial charge is 0.488 e. The first kappa shape index (κ1) is 24.4. The molecule has 0 aliphatic carbocycles. The van der Waals surface area contributed by atoms with Crippen molar-refractivity contribution in [3.63, 3.8) is 0 Å². The summed E-state index contributed by atoms with van der Waals surface area (Å²) in [4.78, 5) is 0. The van der Waals surface area contributed by atoms with Crippen LogP contribution in [-0.2, 0) is 26.4 Å². The molecule has 2 aliphatic rings. The van der Waals surface area contributed by atoms with E-state index in [4.69, 9.17) is 30.5 Å². The van der Waals surface area contributed by atoms with Crippen molar-refractivity contribution in [2.45, 2.75) is 49.1 Å². The van der Waals surface area contributed by atoms with Crippen LogP contribution in [0.25, 0.3) is 0 Å². The van der Waals surface area contributed by atoms with Crippen LogP contribution in [-0.4, -0.2) is 77.9 Å². The fourth-order valence-electron chi connectivity index (χ4n) is 4.30. The molecule has 3 unspecified atom stereocenters. The monoisotopic (exact) mass is 480 g/mol. The molecule has 2 aromatic carbocycles. The lowest BCUT2D eigenvalue weighted by Crippen LogP contribution is -2.64. The average molecular weight is 481 g/mol. The van der Waals surface area contributed by atoms with Crippen molar-refractivity contribution in [3.8, 4) is 5.75 Å². The molecule has 4 N–H and O–H groups in total. The molecule has 0 bridgehead atoms. The molecule has 8 nitrogen and oxygen atoms in total. The van der Waals surface area contributed by atoms with Crippen molar-refractivity contribution >= 4 is 11.6 Å². The molecular weight excluding hydrogens is 452 g/mol. The predicted octanol–water partition coefficient (Wildman–Crippen LogP) is 1.37. The summed E-state index contributed by atoms with van der Waals surface area (Å²) >= 11 is 6.45. The zero-order chi connectivity index (χ0) is 23.6. The van der Waals surface area contributed by atoms with E-state index >= 15 is 0 Å². The minimum atomic E-state index is -1.79. The lowest BCUT2D eigenvalue weighted by molar-refractivity contribution is -0.366. The number of ether oxygens (including phenoxy) is 4. The van der Waals surface area contributed by atoms with Crippen LogP contribution in [0.15, 0.2) is 42.5 Å². The minimum absolute atomic E-state index is 0.0748. The molecule has 2 aliphatic heterocycles. The summed E-state index contributed by atoms with van der Waals surface area (Å²) < 4.78 is 22.5.